The summed E-state index contributed by atoms with van der Waals surface area (Å²) in [4.78, 5) is 20.1. The van der Waals surface area contributed by atoms with E-state index >= 15 is 0 Å². The first-order valence-electron chi connectivity index (χ1n) is 9.14. The fourth-order valence-corrected chi connectivity index (χ4v) is 2.95. The molecular weight excluding hydrogens is 387 g/mol. The summed E-state index contributed by atoms with van der Waals surface area (Å²) in [6, 6.07) is 10.6. The molecule has 0 bridgehead atoms. The Balaban J connectivity index is 1.55. The lowest BCUT2D eigenvalue weighted by molar-refractivity contribution is -0.154. The molecule has 3 rings (SSSR count). The van der Waals surface area contributed by atoms with Crippen molar-refractivity contribution in [2.75, 3.05) is 44.9 Å². The van der Waals surface area contributed by atoms with E-state index in [4.69, 9.17) is 4.74 Å². The van der Waals surface area contributed by atoms with Gasteiger partial charge in [0.25, 0.3) is 5.91 Å². The number of aromatic nitrogens is 1. The molecule has 1 aromatic carbocycles. The zero-order chi connectivity index (χ0) is 20.9. The molecule has 0 radical (unpaired) electrons. The van der Waals surface area contributed by atoms with Crippen LogP contribution in [0, 0.1) is 0 Å². The second-order valence-electron chi connectivity index (χ2n) is 6.72. The highest BCUT2D eigenvalue weighted by molar-refractivity contribution is 5.93. The molecule has 0 N–H and O–H groups in total. The summed E-state index contributed by atoms with van der Waals surface area (Å²) in [5.74, 6) is -0.461. The second-order valence-corrected chi connectivity index (χ2v) is 6.72. The van der Waals surface area contributed by atoms with Crippen LogP contribution in [0.2, 0.25) is 0 Å². The number of hydrogen-bond acceptors (Lipinski definition) is 5. The van der Waals surface area contributed by atoms with E-state index in [1.54, 1.807) is 7.05 Å². The highest BCUT2D eigenvalue weighted by atomic mass is 19.4. The first kappa shape index (κ1) is 20.9. The number of hydrogen-bond donors (Lipinski definition) is 0. The van der Waals surface area contributed by atoms with Crippen LogP contribution in [-0.4, -0.2) is 61.9 Å². The molecule has 0 aliphatic carbocycles. The number of carbonyl (C=O) groups excluding carboxylic acids is 1. The number of morpholine rings is 1. The van der Waals surface area contributed by atoms with Crippen LogP contribution in [0.4, 0.5) is 18.9 Å². The van der Waals surface area contributed by atoms with Crippen LogP contribution < -0.4 is 9.64 Å². The van der Waals surface area contributed by atoms with Gasteiger partial charge >= 0.3 is 6.18 Å². The number of halogens is 3. The maximum atomic E-state index is 12.5. The minimum atomic E-state index is -4.44. The Labute approximate surface area is 166 Å². The number of pyridine rings is 1. The predicted molar refractivity (Wildman–Crippen MR) is 101 cm³/mol. The molecule has 0 spiro atoms. The van der Waals surface area contributed by atoms with Gasteiger partial charge in [-0.1, -0.05) is 12.1 Å². The average molecular weight is 409 g/mol. The van der Waals surface area contributed by atoms with Crippen LogP contribution >= 0.6 is 0 Å². The smallest absolute Gasteiger partial charge is 0.422 e. The van der Waals surface area contributed by atoms with Gasteiger partial charge in [-0.05, 0) is 23.8 Å². The standard InChI is InChI=1S/C20H22F3N3O3/c1-25(13-15-2-5-17(6-3-15)26-8-10-28-11-9-26)19(27)16-4-7-18(24-12-16)29-14-20(21,22)23/h2-7,12H,8-11,13-14H2,1H3. The summed E-state index contributed by atoms with van der Waals surface area (Å²) in [6.07, 6.45) is -3.22. The lowest BCUT2D eigenvalue weighted by Crippen LogP contribution is -2.36. The Morgan fingerprint density at radius 3 is 2.45 bits per heavy atom. The van der Waals surface area contributed by atoms with Crippen molar-refractivity contribution >= 4 is 11.6 Å². The number of benzene rings is 1. The van der Waals surface area contributed by atoms with Gasteiger partial charge in [0, 0.05) is 44.6 Å². The molecule has 156 valence electrons. The van der Waals surface area contributed by atoms with Gasteiger partial charge in [0.15, 0.2) is 6.61 Å². The van der Waals surface area contributed by atoms with E-state index in [0.29, 0.717) is 19.8 Å². The molecule has 0 saturated carbocycles. The van der Waals surface area contributed by atoms with Gasteiger partial charge in [-0.3, -0.25) is 4.79 Å². The highest BCUT2D eigenvalue weighted by Crippen LogP contribution is 2.19. The minimum Gasteiger partial charge on any atom is -0.468 e. The third-order valence-corrected chi connectivity index (χ3v) is 4.45. The van der Waals surface area contributed by atoms with E-state index in [-0.39, 0.29) is 17.4 Å². The Morgan fingerprint density at radius 2 is 1.86 bits per heavy atom. The predicted octanol–water partition coefficient (Wildman–Crippen LogP) is 3.13. The molecule has 29 heavy (non-hydrogen) atoms. The first-order chi connectivity index (χ1) is 13.8. The molecule has 1 saturated heterocycles. The van der Waals surface area contributed by atoms with Crippen molar-refractivity contribution in [1.82, 2.24) is 9.88 Å². The largest absolute Gasteiger partial charge is 0.468 e. The lowest BCUT2D eigenvalue weighted by atomic mass is 10.1. The van der Waals surface area contributed by atoms with Gasteiger partial charge < -0.3 is 19.3 Å². The average Bonchev–Trinajstić information content (AvgIpc) is 2.73. The first-order valence-corrected chi connectivity index (χ1v) is 9.14. The van der Waals surface area contributed by atoms with Gasteiger partial charge in [-0.15, -0.1) is 0 Å². The number of rotatable bonds is 6. The van der Waals surface area contributed by atoms with Gasteiger partial charge in [-0.25, -0.2) is 4.98 Å². The molecule has 1 aliphatic rings. The van der Waals surface area contributed by atoms with Crippen molar-refractivity contribution in [2.45, 2.75) is 12.7 Å². The van der Waals surface area contributed by atoms with Crippen LogP contribution in [0.3, 0.4) is 0 Å². The maximum Gasteiger partial charge on any atom is 0.422 e. The van der Waals surface area contributed by atoms with E-state index < -0.39 is 12.8 Å². The maximum absolute atomic E-state index is 12.5. The summed E-state index contributed by atoms with van der Waals surface area (Å²) in [5, 5.41) is 0. The van der Waals surface area contributed by atoms with Gasteiger partial charge in [-0.2, -0.15) is 13.2 Å². The molecule has 1 fully saturated rings. The molecular formula is C20H22F3N3O3. The number of nitrogens with zero attached hydrogens (tertiary/aromatic N) is 3. The van der Waals surface area contributed by atoms with Crippen LogP contribution in [0.5, 0.6) is 5.88 Å². The Bertz CT molecular complexity index is 804. The topological polar surface area (TPSA) is 54.9 Å². The van der Waals surface area contributed by atoms with Crippen molar-refractivity contribution in [3.8, 4) is 5.88 Å². The van der Waals surface area contributed by atoms with Crippen molar-refractivity contribution in [3.63, 3.8) is 0 Å². The number of amides is 1. The van der Waals surface area contributed by atoms with E-state index in [2.05, 4.69) is 14.6 Å². The molecule has 1 aromatic heterocycles. The monoisotopic (exact) mass is 409 g/mol. The number of anilines is 1. The zero-order valence-electron chi connectivity index (χ0n) is 16.0. The molecule has 0 unspecified atom stereocenters. The molecule has 9 heteroatoms. The number of alkyl halides is 3. The molecule has 1 aliphatic heterocycles. The van der Waals surface area contributed by atoms with Crippen molar-refractivity contribution in [2.24, 2.45) is 0 Å². The molecule has 6 nitrogen and oxygen atoms in total. The SMILES string of the molecule is CN(Cc1ccc(N2CCOCC2)cc1)C(=O)c1ccc(OCC(F)(F)F)nc1. The Kier molecular flexibility index (Phi) is 6.58. The van der Waals surface area contributed by atoms with E-state index in [0.717, 1.165) is 24.3 Å². The molecule has 2 heterocycles. The third kappa shape index (κ3) is 6.08. The summed E-state index contributed by atoms with van der Waals surface area (Å²) in [6.45, 7) is 2.11. The lowest BCUT2D eigenvalue weighted by Gasteiger charge is -2.29. The normalized spacial score (nSPS) is 14.6. The quantitative estimate of drug-likeness (QED) is 0.734. The molecule has 0 atom stereocenters. The van der Waals surface area contributed by atoms with Crippen molar-refractivity contribution in [3.05, 3.63) is 53.7 Å². The summed E-state index contributed by atoms with van der Waals surface area (Å²) in [5.41, 5.74) is 2.36. The fraction of sp³-hybridized carbons (Fsp3) is 0.400. The summed E-state index contributed by atoms with van der Waals surface area (Å²) >= 11 is 0. The number of ether oxygens (including phenoxy) is 2. The highest BCUT2D eigenvalue weighted by Gasteiger charge is 2.28. The van der Waals surface area contributed by atoms with Crippen LogP contribution in [-0.2, 0) is 11.3 Å². The second kappa shape index (κ2) is 9.13. The number of carbonyl (C=O) groups is 1. The van der Waals surface area contributed by atoms with Gasteiger partial charge in [0.05, 0.1) is 18.8 Å². The van der Waals surface area contributed by atoms with Crippen molar-refractivity contribution < 1.29 is 27.4 Å². The molecule has 1 amide bonds. The molecule has 2 aromatic rings. The van der Waals surface area contributed by atoms with Crippen LogP contribution in [0.1, 0.15) is 15.9 Å². The Morgan fingerprint density at radius 1 is 1.17 bits per heavy atom. The third-order valence-electron chi connectivity index (χ3n) is 4.45. The van der Waals surface area contributed by atoms with Gasteiger partial charge in [0.2, 0.25) is 5.88 Å². The van der Waals surface area contributed by atoms with Gasteiger partial charge in [0.1, 0.15) is 0 Å². The van der Waals surface area contributed by atoms with Crippen molar-refractivity contribution in [1.29, 1.82) is 0 Å². The van der Waals surface area contributed by atoms with Crippen LogP contribution in [0.15, 0.2) is 42.6 Å². The summed E-state index contributed by atoms with van der Waals surface area (Å²) < 4.78 is 46.4. The van der Waals surface area contributed by atoms with E-state index in [1.165, 1.54) is 23.2 Å². The minimum absolute atomic E-state index is 0.180. The zero-order valence-corrected chi connectivity index (χ0v) is 16.0. The Hall–Kier alpha value is -2.81. The summed E-state index contributed by atoms with van der Waals surface area (Å²) in [7, 11) is 1.66. The van der Waals surface area contributed by atoms with E-state index in [9.17, 15) is 18.0 Å². The van der Waals surface area contributed by atoms with E-state index in [1.807, 2.05) is 24.3 Å². The fourth-order valence-electron chi connectivity index (χ4n) is 2.95. The van der Waals surface area contributed by atoms with Crippen LogP contribution in [0.25, 0.3) is 0 Å².